The van der Waals surface area contributed by atoms with Crippen LogP contribution >= 0.6 is 0 Å². The molecule has 1 aliphatic rings. The van der Waals surface area contributed by atoms with E-state index in [2.05, 4.69) is 61.6 Å². The topological polar surface area (TPSA) is 115 Å². The van der Waals surface area contributed by atoms with E-state index in [9.17, 15) is 9.90 Å². The van der Waals surface area contributed by atoms with Crippen molar-refractivity contribution in [2.24, 2.45) is 0 Å². The zero-order valence-corrected chi connectivity index (χ0v) is 20.3. The highest BCUT2D eigenvalue weighted by molar-refractivity contribution is 5.99. The maximum absolute atomic E-state index is 12.7. The number of nitrogens with one attached hydrogen (secondary N) is 3. The van der Waals surface area contributed by atoms with Crippen LogP contribution in [0.3, 0.4) is 0 Å². The van der Waals surface area contributed by atoms with Gasteiger partial charge in [-0.1, -0.05) is 18.2 Å². The van der Waals surface area contributed by atoms with Crippen LogP contribution in [0.1, 0.15) is 41.0 Å². The summed E-state index contributed by atoms with van der Waals surface area (Å²) < 4.78 is 0. The number of amides is 1. The largest absolute Gasteiger partial charge is 0.384 e. The molecule has 182 valence electrons. The Bertz CT molecular complexity index is 1240. The number of benzene rings is 1. The third-order valence-corrected chi connectivity index (χ3v) is 5.73. The van der Waals surface area contributed by atoms with E-state index in [1.807, 2.05) is 6.07 Å². The summed E-state index contributed by atoms with van der Waals surface area (Å²) in [5.74, 6) is 0.753. The second-order valence-corrected chi connectivity index (χ2v) is 9.14. The van der Waals surface area contributed by atoms with Crippen LogP contribution < -0.4 is 16.0 Å². The first-order valence-corrected chi connectivity index (χ1v) is 11.5. The number of carbonyl (C=O) groups is 1. The van der Waals surface area contributed by atoms with Gasteiger partial charge in [-0.05, 0) is 62.7 Å². The summed E-state index contributed by atoms with van der Waals surface area (Å²) in [6, 6.07) is 11.5. The number of nitrogens with zero attached hydrogens (tertiary/aromatic N) is 4. The predicted molar refractivity (Wildman–Crippen MR) is 137 cm³/mol. The van der Waals surface area contributed by atoms with Gasteiger partial charge in [-0.25, -0.2) is 9.97 Å². The van der Waals surface area contributed by atoms with Crippen molar-refractivity contribution in [2.75, 3.05) is 30.8 Å². The van der Waals surface area contributed by atoms with E-state index in [4.69, 9.17) is 0 Å². The summed E-state index contributed by atoms with van der Waals surface area (Å²) in [4.78, 5) is 28.5. The Morgan fingerprint density at radius 1 is 1.20 bits per heavy atom. The maximum atomic E-state index is 12.7. The summed E-state index contributed by atoms with van der Waals surface area (Å²) in [7, 11) is 2.12. The van der Waals surface area contributed by atoms with E-state index in [0.717, 1.165) is 25.2 Å². The monoisotopic (exact) mass is 473 g/mol. The van der Waals surface area contributed by atoms with E-state index >= 15 is 0 Å². The molecule has 1 aliphatic heterocycles. The van der Waals surface area contributed by atoms with Crippen LogP contribution in [0.2, 0.25) is 0 Å². The molecule has 3 aromatic rings. The average Bonchev–Trinajstić information content (AvgIpc) is 2.82. The molecule has 9 nitrogen and oxygen atoms in total. The summed E-state index contributed by atoms with van der Waals surface area (Å²) in [5.41, 5.74) is 3.15. The molecule has 0 unspecified atom stereocenters. The number of hydrogen-bond acceptors (Lipinski definition) is 8. The zero-order chi connectivity index (χ0) is 25.0. The molecule has 0 fully saturated rings. The number of pyridine rings is 1. The van der Waals surface area contributed by atoms with Crippen molar-refractivity contribution >= 4 is 29.2 Å². The Morgan fingerprint density at radius 3 is 2.80 bits per heavy atom. The Kier molecular flexibility index (Phi) is 7.09. The third-order valence-electron chi connectivity index (χ3n) is 5.73. The molecule has 0 aliphatic carbocycles. The van der Waals surface area contributed by atoms with Gasteiger partial charge in [-0.15, -0.1) is 6.58 Å². The Labute approximate surface area is 205 Å². The second-order valence-electron chi connectivity index (χ2n) is 9.14. The second kappa shape index (κ2) is 10.2. The molecular weight excluding hydrogens is 442 g/mol. The molecule has 0 saturated carbocycles. The van der Waals surface area contributed by atoms with Gasteiger partial charge in [0, 0.05) is 31.5 Å². The highest BCUT2D eigenvalue weighted by atomic mass is 16.3. The molecule has 3 heterocycles. The summed E-state index contributed by atoms with van der Waals surface area (Å²) in [5, 5.41) is 19.4. The zero-order valence-electron chi connectivity index (χ0n) is 20.3. The normalized spacial score (nSPS) is 13.6. The minimum absolute atomic E-state index is 0.265. The number of likely N-dealkylation sites (N-methyl/N-ethyl adjacent to an activating group) is 1. The average molecular weight is 474 g/mol. The molecular formula is C26H31N7O2. The fraction of sp³-hybridized carbons (Fsp3) is 0.308. The Hall–Kier alpha value is -3.82. The summed E-state index contributed by atoms with van der Waals surface area (Å²) in [6.07, 6.45) is 4.06. The van der Waals surface area contributed by atoms with E-state index in [-0.39, 0.29) is 11.5 Å². The lowest BCUT2D eigenvalue weighted by molar-refractivity contribution is 0.0740. The molecule has 9 heteroatoms. The molecule has 4 rings (SSSR count). The number of aliphatic hydroxyl groups is 1. The fourth-order valence-electron chi connectivity index (χ4n) is 3.83. The van der Waals surface area contributed by atoms with Gasteiger partial charge in [-0.3, -0.25) is 4.79 Å². The van der Waals surface area contributed by atoms with Crippen molar-refractivity contribution in [1.29, 1.82) is 0 Å². The minimum atomic E-state index is -1.11. The molecule has 0 atom stereocenters. The van der Waals surface area contributed by atoms with Gasteiger partial charge < -0.3 is 26.0 Å². The van der Waals surface area contributed by atoms with Crippen molar-refractivity contribution < 1.29 is 9.90 Å². The first-order valence-electron chi connectivity index (χ1n) is 11.5. The molecule has 4 N–H and O–H groups in total. The highest BCUT2D eigenvalue weighted by Crippen LogP contribution is 2.26. The van der Waals surface area contributed by atoms with Crippen LogP contribution in [0, 0.1) is 0 Å². The quantitative estimate of drug-likeness (QED) is 0.368. The van der Waals surface area contributed by atoms with Gasteiger partial charge in [-0.2, -0.15) is 4.98 Å². The van der Waals surface area contributed by atoms with Crippen LogP contribution in [0.5, 0.6) is 0 Å². The van der Waals surface area contributed by atoms with E-state index < -0.39 is 5.60 Å². The molecule has 2 aromatic heterocycles. The molecule has 0 saturated heterocycles. The Balaban J connectivity index is 1.63. The molecule has 0 bridgehead atoms. The number of rotatable bonds is 8. The van der Waals surface area contributed by atoms with Crippen LogP contribution in [-0.4, -0.2) is 51.0 Å². The summed E-state index contributed by atoms with van der Waals surface area (Å²) in [6.45, 7) is 9.23. The standard InChI is InChI=1S/C26H31N7O2/c1-5-12-27-24(34)20-15-28-25(29-19-10-9-18-16-33(4)13-11-17(18)14-19)32-23(20)31-22-8-6-7-21(30-22)26(2,3)35/h5-10,14-15,35H,1,11-13,16H2,2-4H3,(H,27,34)(H2,28,29,30,31,32). The van der Waals surface area contributed by atoms with Crippen LogP contribution in [0.4, 0.5) is 23.3 Å². The first kappa shape index (κ1) is 24.3. The fourth-order valence-corrected chi connectivity index (χ4v) is 3.83. The number of aromatic nitrogens is 3. The van der Waals surface area contributed by atoms with Crippen LogP contribution in [-0.2, 0) is 18.6 Å². The summed E-state index contributed by atoms with van der Waals surface area (Å²) >= 11 is 0. The van der Waals surface area contributed by atoms with E-state index in [0.29, 0.717) is 29.8 Å². The molecule has 1 amide bonds. The lowest BCUT2D eigenvalue weighted by Crippen LogP contribution is -2.26. The lowest BCUT2D eigenvalue weighted by Gasteiger charge is -2.25. The van der Waals surface area contributed by atoms with Gasteiger partial charge in [0.15, 0.2) is 0 Å². The van der Waals surface area contributed by atoms with Crippen molar-refractivity contribution in [3.05, 3.63) is 77.6 Å². The van der Waals surface area contributed by atoms with Gasteiger partial charge in [0.2, 0.25) is 5.95 Å². The number of hydrogen-bond donors (Lipinski definition) is 4. The van der Waals surface area contributed by atoms with Crippen molar-refractivity contribution in [1.82, 2.24) is 25.2 Å². The van der Waals surface area contributed by atoms with Crippen molar-refractivity contribution in [3.8, 4) is 0 Å². The minimum Gasteiger partial charge on any atom is -0.384 e. The SMILES string of the molecule is C=CCNC(=O)c1cnc(Nc2ccc3c(c2)CCN(C)C3)nc1Nc1cccc(C(C)(C)O)n1. The Morgan fingerprint density at radius 2 is 2.03 bits per heavy atom. The van der Waals surface area contributed by atoms with Gasteiger partial charge >= 0.3 is 0 Å². The number of anilines is 4. The van der Waals surface area contributed by atoms with Crippen LogP contribution in [0.15, 0.2) is 55.3 Å². The van der Waals surface area contributed by atoms with E-state index in [1.165, 1.54) is 17.3 Å². The molecule has 1 aromatic carbocycles. The number of fused-ring (bicyclic) bond motifs is 1. The van der Waals surface area contributed by atoms with Crippen molar-refractivity contribution in [3.63, 3.8) is 0 Å². The third kappa shape index (κ3) is 6.00. The first-order chi connectivity index (χ1) is 16.7. The molecule has 0 radical (unpaired) electrons. The molecule has 35 heavy (non-hydrogen) atoms. The lowest BCUT2D eigenvalue weighted by atomic mass is 9.99. The maximum Gasteiger partial charge on any atom is 0.256 e. The van der Waals surface area contributed by atoms with E-state index in [1.54, 1.807) is 38.1 Å². The molecule has 0 spiro atoms. The van der Waals surface area contributed by atoms with Crippen molar-refractivity contribution in [2.45, 2.75) is 32.4 Å². The number of carbonyl (C=O) groups excluding carboxylic acids is 1. The van der Waals surface area contributed by atoms with Crippen LogP contribution in [0.25, 0.3) is 0 Å². The predicted octanol–water partition coefficient (Wildman–Crippen LogP) is 3.49. The van der Waals surface area contributed by atoms with Gasteiger partial charge in [0.1, 0.15) is 22.8 Å². The smallest absolute Gasteiger partial charge is 0.256 e. The van der Waals surface area contributed by atoms with Gasteiger partial charge in [0.25, 0.3) is 5.91 Å². The van der Waals surface area contributed by atoms with Gasteiger partial charge in [0.05, 0.1) is 5.69 Å². The highest BCUT2D eigenvalue weighted by Gasteiger charge is 2.20.